The molecule has 0 aromatic heterocycles. The molecule has 1 aliphatic rings. The van der Waals surface area contributed by atoms with E-state index < -0.39 is 0 Å². The van der Waals surface area contributed by atoms with E-state index in [1.165, 1.54) is 0 Å². The molecule has 1 aliphatic heterocycles. The Bertz CT molecular complexity index is 580. The largest absolute Gasteiger partial charge is 0.496 e. The van der Waals surface area contributed by atoms with Gasteiger partial charge in [-0.3, -0.25) is 4.79 Å². The van der Waals surface area contributed by atoms with Crippen molar-refractivity contribution in [1.82, 2.24) is 15.1 Å². The van der Waals surface area contributed by atoms with Crippen molar-refractivity contribution in [1.29, 1.82) is 0 Å². The molecule has 1 N–H and O–H groups in total. The Morgan fingerprint density at radius 3 is 2.91 bits per heavy atom. The number of urea groups is 1. The summed E-state index contributed by atoms with van der Waals surface area (Å²) in [5.74, 6) is 0.855. The monoisotopic (exact) mass is 339 g/mol. The predicted octanol–water partition coefficient (Wildman–Crippen LogP) is 2.11. The summed E-state index contributed by atoms with van der Waals surface area (Å²) in [6.07, 6.45) is 1.52. The summed E-state index contributed by atoms with van der Waals surface area (Å²) < 4.78 is 5.28. The van der Waals surface area contributed by atoms with E-state index in [9.17, 15) is 9.59 Å². The number of methoxy groups -OCH3 is 1. The second-order valence-corrected chi connectivity index (χ2v) is 5.96. The Hall–Kier alpha value is -1.95. The zero-order valence-corrected chi connectivity index (χ0v) is 14.2. The van der Waals surface area contributed by atoms with Gasteiger partial charge in [0.05, 0.1) is 13.7 Å². The maximum atomic E-state index is 12.1. The molecular formula is C16H22ClN3O3. The lowest BCUT2D eigenvalue weighted by Crippen LogP contribution is -2.41. The lowest BCUT2D eigenvalue weighted by molar-refractivity contribution is -0.127. The SMILES string of the molecule is COc1ccc(Cl)cc1CN(C)C(=O)NCCN1CCCC1=O. The number of benzene rings is 1. The van der Waals surface area contributed by atoms with E-state index in [4.69, 9.17) is 16.3 Å². The number of carbonyl (C=O) groups is 2. The molecule has 0 bridgehead atoms. The summed E-state index contributed by atoms with van der Waals surface area (Å²) in [7, 11) is 3.29. The summed E-state index contributed by atoms with van der Waals surface area (Å²) in [6.45, 7) is 2.17. The van der Waals surface area contributed by atoms with Gasteiger partial charge in [-0.15, -0.1) is 0 Å². The second-order valence-electron chi connectivity index (χ2n) is 5.53. The highest BCUT2D eigenvalue weighted by Gasteiger charge is 2.20. The first-order valence-corrected chi connectivity index (χ1v) is 7.98. The van der Waals surface area contributed by atoms with Gasteiger partial charge < -0.3 is 19.9 Å². The molecule has 7 heteroatoms. The van der Waals surface area contributed by atoms with Gasteiger partial charge in [0.15, 0.2) is 0 Å². The third kappa shape index (κ3) is 4.76. The Morgan fingerprint density at radius 1 is 1.48 bits per heavy atom. The quantitative estimate of drug-likeness (QED) is 0.863. The van der Waals surface area contributed by atoms with Crippen LogP contribution >= 0.6 is 11.6 Å². The van der Waals surface area contributed by atoms with Crippen molar-refractivity contribution in [3.05, 3.63) is 28.8 Å². The summed E-state index contributed by atoms with van der Waals surface area (Å²) in [5, 5.41) is 3.42. The van der Waals surface area contributed by atoms with Crippen molar-refractivity contribution in [2.75, 3.05) is 33.8 Å². The fourth-order valence-corrected chi connectivity index (χ4v) is 2.77. The van der Waals surface area contributed by atoms with Gasteiger partial charge in [-0.1, -0.05) is 11.6 Å². The normalized spacial score (nSPS) is 14.0. The van der Waals surface area contributed by atoms with Crippen molar-refractivity contribution < 1.29 is 14.3 Å². The second kappa shape index (κ2) is 8.06. The standard InChI is InChI=1S/C16H22ClN3O3/c1-19(11-12-10-13(17)5-6-14(12)23-2)16(22)18-7-9-20-8-3-4-15(20)21/h5-6,10H,3-4,7-9,11H2,1-2H3,(H,18,22). The van der Waals surface area contributed by atoms with E-state index in [0.717, 1.165) is 18.5 Å². The van der Waals surface area contributed by atoms with Crippen LogP contribution in [0.4, 0.5) is 4.79 Å². The van der Waals surface area contributed by atoms with Crippen molar-refractivity contribution in [3.63, 3.8) is 0 Å². The van der Waals surface area contributed by atoms with E-state index in [1.807, 2.05) is 0 Å². The minimum absolute atomic E-state index is 0.163. The molecule has 1 aromatic carbocycles. The third-order valence-corrected chi connectivity index (χ3v) is 4.06. The van der Waals surface area contributed by atoms with Crippen molar-refractivity contribution >= 4 is 23.5 Å². The number of hydrogen-bond donors (Lipinski definition) is 1. The van der Waals surface area contributed by atoms with Gasteiger partial charge >= 0.3 is 6.03 Å². The molecule has 1 aromatic rings. The van der Waals surface area contributed by atoms with Crippen molar-refractivity contribution in [2.24, 2.45) is 0 Å². The van der Waals surface area contributed by atoms with Crippen molar-refractivity contribution in [2.45, 2.75) is 19.4 Å². The van der Waals surface area contributed by atoms with Crippen LogP contribution in [0.2, 0.25) is 5.02 Å². The maximum Gasteiger partial charge on any atom is 0.317 e. The van der Waals surface area contributed by atoms with Crippen LogP contribution in [-0.4, -0.2) is 55.5 Å². The van der Waals surface area contributed by atoms with E-state index in [2.05, 4.69) is 5.32 Å². The maximum absolute atomic E-state index is 12.1. The molecule has 126 valence electrons. The number of nitrogens with one attached hydrogen (secondary N) is 1. The highest BCUT2D eigenvalue weighted by Crippen LogP contribution is 2.23. The summed E-state index contributed by atoms with van der Waals surface area (Å²) in [6, 6.07) is 5.12. The first-order valence-electron chi connectivity index (χ1n) is 7.60. The number of nitrogens with zero attached hydrogens (tertiary/aromatic N) is 2. The van der Waals surface area contributed by atoms with Crippen LogP contribution in [-0.2, 0) is 11.3 Å². The first kappa shape index (κ1) is 17.4. The van der Waals surface area contributed by atoms with Crippen molar-refractivity contribution in [3.8, 4) is 5.75 Å². The average molecular weight is 340 g/mol. The fourth-order valence-electron chi connectivity index (χ4n) is 2.57. The number of ether oxygens (including phenoxy) is 1. The summed E-state index contributed by atoms with van der Waals surface area (Å²) >= 11 is 5.99. The van der Waals surface area contributed by atoms with Gasteiger partial charge in [0, 0.05) is 43.7 Å². The smallest absolute Gasteiger partial charge is 0.317 e. The highest BCUT2D eigenvalue weighted by atomic mass is 35.5. The number of hydrogen-bond acceptors (Lipinski definition) is 3. The van der Waals surface area contributed by atoms with Gasteiger partial charge in [-0.05, 0) is 24.6 Å². The average Bonchev–Trinajstić information content (AvgIpc) is 2.92. The number of halogens is 1. The zero-order valence-electron chi connectivity index (χ0n) is 13.5. The molecule has 0 radical (unpaired) electrons. The summed E-state index contributed by atoms with van der Waals surface area (Å²) in [5.41, 5.74) is 0.840. The molecule has 2 rings (SSSR count). The van der Waals surface area contributed by atoms with E-state index in [-0.39, 0.29) is 11.9 Å². The Labute approximate surface area is 141 Å². The molecule has 0 atom stereocenters. The molecule has 6 nitrogen and oxygen atoms in total. The van der Waals surface area contributed by atoms with E-state index in [0.29, 0.717) is 36.8 Å². The van der Waals surface area contributed by atoms with Crippen LogP contribution in [0.5, 0.6) is 5.75 Å². The Morgan fingerprint density at radius 2 is 2.26 bits per heavy atom. The molecular weight excluding hydrogens is 318 g/mol. The highest BCUT2D eigenvalue weighted by molar-refractivity contribution is 6.30. The third-order valence-electron chi connectivity index (χ3n) is 3.83. The molecule has 1 fully saturated rings. The number of rotatable bonds is 6. The fraction of sp³-hybridized carbons (Fsp3) is 0.500. The summed E-state index contributed by atoms with van der Waals surface area (Å²) in [4.78, 5) is 27.0. The molecule has 1 heterocycles. The van der Waals surface area contributed by atoms with Crippen LogP contribution < -0.4 is 10.1 Å². The van der Waals surface area contributed by atoms with Crippen LogP contribution in [0.25, 0.3) is 0 Å². The predicted molar refractivity (Wildman–Crippen MR) is 88.7 cm³/mol. The molecule has 0 aliphatic carbocycles. The topological polar surface area (TPSA) is 61.9 Å². The van der Waals surface area contributed by atoms with Crippen LogP contribution in [0.15, 0.2) is 18.2 Å². The number of likely N-dealkylation sites (tertiary alicyclic amines) is 1. The van der Waals surface area contributed by atoms with Gasteiger partial charge in [0.1, 0.15) is 5.75 Å². The zero-order chi connectivity index (χ0) is 16.8. The number of amides is 3. The molecule has 0 saturated carbocycles. The lowest BCUT2D eigenvalue weighted by atomic mass is 10.2. The molecule has 0 spiro atoms. The molecule has 3 amide bonds. The number of carbonyl (C=O) groups excluding carboxylic acids is 2. The van der Waals surface area contributed by atoms with Crippen LogP contribution in [0.3, 0.4) is 0 Å². The van der Waals surface area contributed by atoms with Crippen LogP contribution in [0, 0.1) is 0 Å². The van der Waals surface area contributed by atoms with Crippen LogP contribution in [0.1, 0.15) is 18.4 Å². The van der Waals surface area contributed by atoms with Gasteiger partial charge in [-0.2, -0.15) is 0 Å². The molecule has 0 unspecified atom stereocenters. The van der Waals surface area contributed by atoms with Gasteiger partial charge in [0.25, 0.3) is 0 Å². The van der Waals surface area contributed by atoms with E-state index >= 15 is 0 Å². The van der Waals surface area contributed by atoms with Gasteiger partial charge in [-0.25, -0.2) is 4.79 Å². The Kier molecular flexibility index (Phi) is 6.10. The molecule has 23 heavy (non-hydrogen) atoms. The Balaban J connectivity index is 1.83. The minimum atomic E-state index is -0.196. The van der Waals surface area contributed by atoms with E-state index in [1.54, 1.807) is 42.2 Å². The minimum Gasteiger partial charge on any atom is -0.496 e. The first-order chi connectivity index (χ1) is 11.0. The van der Waals surface area contributed by atoms with Gasteiger partial charge in [0.2, 0.25) is 5.91 Å². The molecule has 1 saturated heterocycles. The lowest BCUT2D eigenvalue weighted by Gasteiger charge is -2.21.